The Balaban J connectivity index is 1.63. The standard InChI is InChI=1S/C15H13ClN2O2S/c16-10-3-1-2-8(4-10)11-6-12(11)18-15(20)13-5-9(7-21-13)14(17)19/h1-5,7,11-12H,6H2,(H2,17,19)(H,18,20)/t11-,12+/m0/s1. The quantitative estimate of drug-likeness (QED) is 0.909. The van der Waals surface area contributed by atoms with E-state index in [0.29, 0.717) is 21.4 Å². The van der Waals surface area contributed by atoms with Gasteiger partial charge >= 0.3 is 0 Å². The summed E-state index contributed by atoms with van der Waals surface area (Å²) in [4.78, 5) is 23.6. The van der Waals surface area contributed by atoms with Gasteiger partial charge in [-0.1, -0.05) is 23.7 Å². The first-order valence-electron chi connectivity index (χ1n) is 6.49. The van der Waals surface area contributed by atoms with Gasteiger partial charge in [0.1, 0.15) is 0 Å². The minimum absolute atomic E-state index is 0.120. The maximum atomic E-state index is 12.1. The smallest absolute Gasteiger partial charge is 0.261 e. The Morgan fingerprint density at radius 1 is 1.33 bits per heavy atom. The molecule has 4 nitrogen and oxygen atoms in total. The fraction of sp³-hybridized carbons (Fsp3) is 0.200. The predicted octanol–water partition coefficient (Wildman–Crippen LogP) is 2.79. The zero-order valence-corrected chi connectivity index (χ0v) is 12.6. The fourth-order valence-electron chi connectivity index (χ4n) is 2.28. The maximum Gasteiger partial charge on any atom is 0.261 e. The van der Waals surface area contributed by atoms with Crippen molar-refractivity contribution >= 4 is 34.8 Å². The Labute approximate surface area is 130 Å². The molecule has 0 spiro atoms. The van der Waals surface area contributed by atoms with E-state index in [0.717, 1.165) is 12.0 Å². The summed E-state index contributed by atoms with van der Waals surface area (Å²) in [6, 6.07) is 9.33. The first kappa shape index (κ1) is 14.1. The number of rotatable bonds is 4. The molecular formula is C15H13ClN2O2S. The number of primary amides is 1. The molecule has 1 aromatic heterocycles. The molecule has 6 heteroatoms. The van der Waals surface area contributed by atoms with Gasteiger partial charge in [-0.15, -0.1) is 11.3 Å². The Bertz CT molecular complexity index is 713. The van der Waals surface area contributed by atoms with Crippen LogP contribution in [0.2, 0.25) is 5.02 Å². The molecule has 21 heavy (non-hydrogen) atoms. The second-order valence-corrected chi connectivity index (χ2v) is 6.39. The molecule has 0 bridgehead atoms. The summed E-state index contributed by atoms with van der Waals surface area (Å²) in [5, 5.41) is 5.27. The van der Waals surface area contributed by atoms with Gasteiger partial charge in [-0.05, 0) is 30.2 Å². The fourth-order valence-corrected chi connectivity index (χ4v) is 3.28. The summed E-state index contributed by atoms with van der Waals surface area (Å²) < 4.78 is 0. The van der Waals surface area contributed by atoms with Gasteiger partial charge in [-0.3, -0.25) is 9.59 Å². The van der Waals surface area contributed by atoms with Crippen molar-refractivity contribution < 1.29 is 9.59 Å². The SMILES string of the molecule is NC(=O)c1csc(C(=O)N[C@@H]2C[C@H]2c2cccc(Cl)c2)c1. The lowest BCUT2D eigenvalue weighted by Gasteiger charge is -2.03. The zero-order chi connectivity index (χ0) is 15.0. The number of nitrogens with two attached hydrogens (primary N) is 1. The van der Waals surface area contributed by atoms with Crippen LogP contribution in [0, 0.1) is 0 Å². The van der Waals surface area contributed by atoms with Gasteiger partial charge in [0.15, 0.2) is 0 Å². The average molecular weight is 321 g/mol. The number of hydrogen-bond donors (Lipinski definition) is 2. The molecule has 1 saturated carbocycles. The molecule has 0 unspecified atom stereocenters. The molecule has 3 N–H and O–H groups in total. The first-order chi connectivity index (χ1) is 10.0. The van der Waals surface area contributed by atoms with E-state index in [-0.39, 0.29) is 11.9 Å². The van der Waals surface area contributed by atoms with E-state index in [9.17, 15) is 9.59 Å². The van der Waals surface area contributed by atoms with Gasteiger partial charge in [-0.25, -0.2) is 0 Å². The molecule has 1 aromatic carbocycles. The van der Waals surface area contributed by atoms with Gasteiger partial charge in [0.25, 0.3) is 5.91 Å². The molecule has 1 heterocycles. The van der Waals surface area contributed by atoms with Crippen molar-refractivity contribution in [3.8, 4) is 0 Å². The predicted molar refractivity (Wildman–Crippen MR) is 82.9 cm³/mol. The van der Waals surface area contributed by atoms with Gasteiger partial charge < -0.3 is 11.1 Å². The molecule has 0 radical (unpaired) electrons. The highest BCUT2D eigenvalue weighted by atomic mass is 35.5. The summed E-state index contributed by atoms with van der Waals surface area (Å²) in [6.07, 6.45) is 0.903. The number of hydrogen-bond acceptors (Lipinski definition) is 3. The number of halogens is 1. The van der Waals surface area contributed by atoms with Crippen LogP contribution in [0.1, 0.15) is 37.9 Å². The van der Waals surface area contributed by atoms with Crippen molar-refractivity contribution in [2.24, 2.45) is 5.73 Å². The lowest BCUT2D eigenvalue weighted by atomic mass is 10.1. The number of carbonyl (C=O) groups is 2. The third kappa shape index (κ3) is 3.09. The molecule has 3 rings (SSSR count). The Kier molecular flexibility index (Phi) is 3.69. The highest BCUT2D eigenvalue weighted by Crippen LogP contribution is 2.41. The zero-order valence-electron chi connectivity index (χ0n) is 11.0. The third-order valence-electron chi connectivity index (χ3n) is 3.49. The third-order valence-corrected chi connectivity index (χ3v) is 4.66. The lowest BCUT2D eigenvalue weighted by molar-refractivity contribution is 0.0954. The summed E-state index contributed by atoms with van der Waals surface area (Å²) in [5.74, 6) is -0.376. The van der Waals surface area contributed by atoms with Crippen LogP contribution in [-0.4, -0.2) is 17.9 Å². The molecule has 1 aliphatic rings. The second kappa shape index (κ2) is 5.50. The maximum absolute atomic E-state index is 12.1. The van der Waals surface area contributed by atoms with Crippen LogP contribution in [-0.2, 0) is 0 Å². The molecule has 2 atom stereocenters. The Hall–Kier alpha value is -1.85. The minimum Gasteiger partial charge on any atom is -0.366 e. The molecule has 1 fully saturated rings. The number of thiophene rings is 1. The topological polar surface area (TPSA) is 72.2 Å². The van der Waals surface area contributed by atoms with Crippen LogP contribution in [0.15, 0.2) is 35.7 Å². The molecule has 2 aromatic rings. The Morgan fingerprint density at radius 3 is 2.81 bits per heavy atom. The van der Waals surface area contributed by atoms with Crippen molar-refractivity contribution in [3.05, 3.63) is 56.7 Å². The first-order valence-corrected chi connectivity index (χ1v) is 7.75. The molecule has 2 amide bonds. The van der Waals surface area contributed by atoms with Crippen molar-refractivity contribution in [2.75, 3.05) is 0 Å². The van der Waals surface area contributed by atoms with E-state index < -0.39 is 5.91 Å². The lowest BCUT2D eigenvalue weighted by Crippen LogP contribution is -2.25. The number of amides is 2. The van der Waals surface area contributed by atoms with Crippen LogP contribution in [0.25, 0.3) is 0 Å². The van der Waals surface area contributed by atoms with Gasteiger partial charge in [0.05, 0.1) is 10.4 Å². The van der Waals surface area contributed by atoms with E-state index in [1.807, 2.05) is 24.3 Å². The van der Waals surface area contributed by atoms with Crippen LogP contribution >= 0.6 is 22.9 Å². The van der Waals surface area contributed by atoms with Crippen LogP contribution in [0.5, 0.6) is 0 Å². The normalized spacial score (nSPS) is 20.0. The second-order valence-electron chi connectivity index (χ2n) is 5.04. The van der Waals surface area contributed by atoms with Crippen LogP contribution in [0.3, 0.4) is 0 Å². The van der Waals surface area contributed by atoms with E-state index >= 15 is 0 Å². The van der Waals surface area contributed by atoms with E-state index in [4.69, 9.17) is 17.3 Å². The molecule has 0 aliphatic heterocycles. The number of nitrogens with one attached hydrogen (secondary N) is 1. The average Bonchev–Trinajstić information content (AvgIpc) is 3.01. The van der Waals surface area contributed by atoms with Crippen LogP contribution in [0.4, 0.5) is 0 Å². The Morgan fingerprint density at radius 2 is 2.14 bits per heavy atom. The minimum atomic E-state index is -0.520. The highest BCUT2D eigenvalue weighted by molar-refractivity contribution is 7.12. The van der Waals surface area contributed by atoms with Crippen molar-refractivity contribution in [1.82, 2.24) is 5.32 Å². The molecule has 108 valence electrons. The van der Waals surface area contributed by atoms with E-state index in [1.165, 1.54) is 17.4 Å². The van der Waals surface area contributed by atoms with E-state index in [1.54, 1.807) is 5.38 Å². The van der Waals surface area contributed by atoms with Gasteiger partial charge in [-0.2, -0.15) is 0 Å². The van der Waals surface area contributed by atoms with Crippen molar-refractivity contribution in [1.29, 1.82) is 0 Å². The number of carbonyl (C=O) groups excluding carboxylic acids is 2. The van der Waals surface area contributed by atoms with Crippen molar-refractivity contribution in [2.45, 2.75) is 18.4 Å². The summed E-state index contributed by atoms with van der Waals surface area (Å²) in [6.45, 7) is 0. The van der Waals surface area contributed by atoms with Crippen LogP contribution < -0.4 is 11.1 Å². The van der Waals surface area contributed by atoms with Crippen molar-refractivity contribution in [3.63, 3.8) is 0 Å². The molecule has 1 aliphatic carbocycles. The largest absolute Gasteiger partial charge is 0.366 e. The number of benzene rings is 1. The molecule has 0 saturated heterocycles. The highest BCUT2D eigenvalue weighted by Gasteiger charge is 2.39. The van der Waals surface area contributed by atoms with E-state index in [2.05, 4.69) is 5.32 Å². The summed E-state index contributed by atoms with van der Waals surface area (Å²) in [7, 11) is 0. The molecular weight excluding hydrogens is 308 g/mol. The summed E-state index contributed by atoms with van der Waals surface area (Å²) in [5.41, 5.74) is 6.68. The summed E-state index contributed by atoms with van der Waals surface area (Å²) >= 11 is 7.19. The van der Waals surface area contributed by atoms with Gasteiger partial charge in [0, 0.05) is 22.4 Å². The monoisotopic (exact) mass is 320 g/mol. The van der Waals surface area contributed by atoms with Gasteiger partial charge in [0.2, 0.25) is 5.91 Å².